The van der Waals surface area contributed by atoms with Crippen LogP contribution in [0.4, 0.5) is 0 Å². The molecule has 2 aliphatic rings. The van der Waals surface area contributed by atoms with E-state index in [-0.39, 0.29) is 5.41 Å². The van der Waals surface area contributed by atoms with Crippen molar-refractivity contribution in [3.05, 3.63) is 21.7 Å². The van der Waals surface area contributed by atoms with Gasteiger partial charge in [0.1, 0.15) is 13.2 Å². The number of nitrogens with two attached hydrogens (primary N) is 1. The molecule has 0 atom stereocenters. The van der Waals surface area contributed by atoms with Gasteiger partial charge >= 0.3 is 0 Å². The minimum absolute atomic E-state index is 0.0469. The molecular formula is C15H18BrNO3. The van der Waals surface area contributed by atoms with Crippen molar-refractivity contribution in [2.45, 2.75) is 31.1 Å². The SMILES string of the molecule is NCC1(c2cc(Br)c(C=O)c3c2OCCO3)CCCC1. The third kappa shape index (κ3) is 2.04. The Kier molecular flexibility index (Phi) is 3.73. The Hall–Kier alpha value is -1.07. The number of halogens is 1. The fraction of sp³-hybridized carbons (Fsp3) is 0.533. The number of aldehydes is 1. The molecule has 1 aromatic rings. The average Bonchev–Trinajstić information content (AvgIpc) is 2.96. The van der Waals surface area contributed by atoms with Crippen LogP contribution >= 0.6 is 15.9 Å². The number of hydrogen-bond donors (Lipinski definition) is 1. The molecule has 5 heteroatoms. The van der Waals surface area contributed by atoms with Crippen LogP contribution in [0.5, 0.6) is 11.5 Å². The van der Waals surface area contributed by atoms with Crippen LogP contribution in [-0.4, -0.2) is 26.0 Å². The molecule has 1 saturated carbocycles. The Labute approximate surface area is 126 Å². The molecule has 1 aliphatic carbocycles. The molecule has 1 heterocycles. The highest BCUT2D eigenvalue weighted by Crippen LogP contribution is 2.50. The predicted octanol–water partition coefficient (Wildman–Crippen LogP) is 2.80. The maximum Gasteiger partial charge on any atom is 0.173 e. The van der Waals surface area contributed by atoms with Gasteiger partial charge in [0.2, 0.25) is 0 Å². The van der Waals surface area contributed by atoms with E-state index in [1.165, 1.54) is 12.8 Å². The quantitative estimate of drug-likeness (QED) is 0.860. The van der Waals surface area contributed by atoms with Crippen LogP contribution in [0.15, 0.2) is 10.5 Å². The van der Waals surface area contributed by atoms with Crippen molar-refractivity contribution in [1.29, 1.82) is 0 Å². The van der Waals surface area contributed by atoms with Gasteiger partial charge in [0.25, 0.3) is 0 Å². The third-order valence-electron chi connectivity index (χ3n) is 4.44. The molecule has 0 spiro atoms. The van der Waals surface area contributed by atoms with E-state index >= 15 is 0 Å². The number of carbonyl (C=O) groups excluding carboxylic acids is 1. The van der Waals surface area contributed by atoms with Crippen LogP contribution in [-0.2, 0) is 5.41 Å². The highest BCUT2D eigenvalue weighted by molar-refractivity contribution is 9.10. The topological polar surface area (TPSA) is 61.6 Å². The van der Waals surface area contributed by atoms with Crippen molar-refractivity contribution in [3.63, 3.8) is 0 Å². The van der Waals surface area contributed by atoms with Gasteiger partial charge in [0.05, 0.1) is 5.56 Å². The summed E-state index contributed by atoms with van der Waals surface area (Å²) in [6.45, 7) is 1.58. The summed E-state index contributed by atoms with van der Waals surface area (Å²) in [5.41, 5.74) is 7.64. The molecular weight excluding hydrogens is 322 g/mol. The van der Waals surface area contributed by atoms with Crippen molar-refractivity contribution < 1.29 is 14.3 Å². The summed E-state index contributed by atoms with van der Waals surface area (Å²) >= 11 is 3.48. The summed E-state index contributed by atoms with van der Waals surface area (Å²) in [7, 11) is 0. The van der Waals surface area contributed by atoms with E-state index < -0.39 is 0 Å². The van der Waals surface area contributed by atoms with E-state index in [2.05, 4.69) is 15.9 Å². The molecule has 108 valence electrons. The first-order chi connectivity index (χ1) is 9.72. The number of benzene rings is 1. The molecule has 2 N–H and O–H groups in total. The molecule has 1 aromatic carbocycles. The lowest BCUT2D eigenvalue weighted by atomic mass is 9.78. The standard InChI is InChI=1S/C15H18BrNO3/c16-12-7-11(15(9-17)3-1-2-4-15)14-13(10(12)8-18)19-5-6-20-14/h7-8H,1-6,9,17H2. The van der Waals surface area contributed by atoms with E-state index in [0.717, 1.165) is 29.2 Å². The second-order valence-electron chi connectivity index (χ2n) is 5.48. The van der Waals surface area contributed by atoms with Crippen molar-refractivity contribution in [2.75, 3.05) is 19.8 Å². The van der Waals surface area contributed by atoms with Gasteiger partial charge < -0.3 is 15.2 Å². The van der Waals surface area contributed by atoms with Crippen LogP contribution in [0.2, 0.25) is 0 Å². The number of rotatable bonds is 3. The van der Waals surface area contributed by atoms with Crippen LogP contribution in [0.3, 0.4) is 0 Å². The van der Waals surface area contributed by atoms with Gasteiger partial charge in [-0.25, -0.2) is 0 Å². The average molecular weight is 340 g/mol. The van der Waals surface area contributed by atoms with E-state index in [0.29, 0.717) is 36.8 Å². The number of carbonyl (C=O) groups is 1. The summed E-state index contributed by atoms with van der Waals surface area (Å²) in [5, 5.41) is 0. The van der Waals surface area contributed by atoms with Crippen molar-refractivity contribution in [2.24, 2.45) is 5.73 Å². The van der Waals surface area contributed by atoms with Crippen LogP contribution in [0.25, 0.3) is 0 Å². The van der Waals surface area contributed by atoms with E-state index in [1.54, 1.807) is 0 Å². The van der Waals surface area contributed by atoms with E-state index in [4.69, 9.17) is 15.2 Å². The van der Waals surface area contributed by atoms with E-state index in [9.17, 15) is 4.79 Å². The summed E-state index contributed by atoms with van der Waals surface area (Å²) < 4.78 is 12.3. The Morgan fingerprint density at radius 3 is 2.50 bits per heavy atom. The summed E-state index contributed by atoms with van der Waals surface area (Å²) in [5.74, 6) is 1.28. The zero-order valence-electron chi connectivity index (χ0n) is 11.3. The summed E-state index contributed by atoms with van der Waals surface area (Å²) in [4.78, 5) is 11.3. The lowest BCUT2D eigenvalue weighted by Crippen LogP contribution is -2.33. The Bertz CT molecular complexity index is 538. The number of ether oxygens (including phenoxy) is 2. The van der Waals surface area contributed by atoms with Gasteiger partial charge in [0, 0.05) is 22.0 Å². The highest BCUT2D eigenvalue weighted by atomic mass is 79.9. The Morgan fingerprint density at radius 2 is 1.90 bits per heavy atom. The maximum absolute atomic E-state index is 11.3. The van der Waals surface area contributed by atoms with Crippen molar-refractivity contribution in [1.82, 2.24) is 0 Å². The largest absolute Gasteiger partial charge is 0.486 e. The number of hydrogen-bond acceptors (Lipinski definition) is 4. The second-order valence-corrected chi connectivity index (χ2v) is 6.34. The maximum atomic E-state index is 11.3. The van der Waals surface area contributed by atoms with Crippen molar-refractivity contribution >= 4 is 22.2 Å². The van der Waals surface area contributed by atoms with Crippen LogP contribution < -0.4 is 15.2 Å². The second kappa shape index (κ2) is 5.37. The molecule has 0 amide bonds. The van der Waals surface area contributed by atoms with Gasteiger partial charge in [-0.1, -0.05) is 12.8 Å². The van der Waals surface area contributed by atoms with Gasteiger partial charge in [-0.15, -0.1) is 0 Å². The zero-order chi connectivity index (χ0) is 14.2. The van der Waals surface area contributed by atoms with Crippen LogP contribution in [0.1, 0.15) is 41.6 Å². The Morgan fingerprint density at radius 1 is 1.25 bits per heavy atom. The third-order valence-corrected chi connectivity index (χ3v) is 5.10. The molecule has 1 fully saturated rings. The first kappa shape index (κ1) is 13.9. The molecule has 0 saturated heterocycles. The molecule has 1 aliphatic heterocycles. The minimum Gasteiger partial charge on any atom is -0.486 e. The highest BCUT2D eigenvalue weighted by Gasteiger charge is 2.39. The molecule has 0 aromatic heterocycles. The fourth-order valence-corrected chi connectivity index (χ4v) is 3.84. The predicted molar refractivity (Wildman–Crippen MR) is 79.7 cm³/mol. The first-order valence-electron chi connectivity index (χ1n) is 7.00. The van der Waals surface area contributed by atoms with Crippen LogP contribution in [0, 0.1) is 0 Å². The molecule has 20 heavy (non-hydrogen) atoms. The molecule has 0 radical (unpaired) electrons. The lowest BCUT2D eigenvalue weighted by Gasteiger charge is -2.33. The summed E-state index contributed by atoms with van der Waals surface area (Å²) in [6, 6.07) is 2.00. The number of fused-ring (bicyclic) bond motifs is 1. The monoisotopic (exact) mass is 339 g/mol. The van der Waals surface area contributed by atoms with E-state index in [1.807, 2.05) is 6.07 Å². The fourth-order valence-electron chi connectivity index (χ4n) is 3.34. The molecule has 0 bridgehead atoms. The molecule has 4 nitrogen and oxygen atoms in total. The Balaban J connectivity index is 2.20. The van der Waals surface area contributed by atoms with Gasteiger partial charge in [-0.05, 0) is 34.8 Å². The smallest absolute Gasteiger partial charge is 0.173 e. The summed E-state index contributed by atoms with van der Waals surface area (Å²) in [6.07, 6.45) is 5.29. The van der Waals surface area contributed by atoms with Gasteiger partial charge in [-0.3, -0.25) is 4.79 Å². The van der Waals surface area contributed by atoms with Gasteiger partial charge in [-0.2, -0.15) is 0 Å². The van der Waals surface area contributed by atoms with Crippen molar-refractivity contribution in [3.8, 4) is 11.5 Å². The molecule has 0 unspecified atom stereocenters. The first-order valence-corrected chi connectivity index (χ1v) is 7.79. The molecule has 3 rings (SSSR count). The normalized spacial score (nSPS) is 19.9. The minimum atomic E-state index is -0.0469. The van der Waals surface area contributed by atoms with Gasteiger partial charge in [0.15, 0.2) is 17.8 Å². The lowest BCUT2D eigenvalue weighted by molar-refractivity contribution is 0.111. The zero-order valence-corrected chi connectivity index (χ0v) is 12.9.